The summed E-state index contributed by atoms with van der Waals surface area (Å²) in [5, 5.41) is 17.7. The molecule has 0 spiro atoms. The van der Waals surface area contributed by atoms with E-state index in [0.29, 0.717) is 23.6 Å². The predicted octanol–water partition coefficient (Wildman–Crippen LogP) is 1.84. The van der Waals surface area contributed by atoms with Gasteiger partial charge in [0.1, 0.15) is 0 Å². The molecule has 0 bridgehead atoms. The fourth-order valence-corrected chi connectivity index (χ4v) is 2.74. The second-order valence-electron chi connectivity index (χ2n) is 5.37. The molecule has 1 aliphatic heterocycles. The summed E-state index contributed by atoms with van der Waals surface area (Å²) >= 11 is 0. The van der Waals surface area contributed by atoms with Gasteiger partial charge in [0.2, 0.25) is 0 Å². The van der Waals surface area contributed by atoms with Crippen molar-refractivity contribution >= 4 is 5.78 Å². The Hall–Kier alpha value is -1.70. The summed E-state index contributed by atoms with van der Waals surface area (Å²) in [5.41, 5.74) is 1.23. The van der Waals surface area contributed by atoms with Crippen molar-refractivity contribution in [2.75, 3.05) is 26.2 Å². The first-order valence-corrected chi connectivity index (χ1v) is 7.09. The average Bonchev–Trinajstić information content (AvgIpc) is 2.48. The number of aliphatic hydroxyl groups excluding tert-OH is 1. The highest BCUT2D eigenvalue weighted by atomic mass is 16.3. The minimum Gasteiger partial charge on any atom is -0.396 e. The number of benzene rings is 1. The zero-order chi connectivity index (χ0) is 14.4. The Morgan fingerprint density at radius 1 is 1.40 bits per heavy atom. The van der Waals surface area contributed by atoms with E-state index in [-0.39, 0.29) is 12.4 Å². The first-order chi connectivity index (χ1) is 9.72. The lowest BCUT2D eigenvalue weighted by molar-refractivity contribution is 0.0871. The molecule has 4 heteroatoms. The molecule has 106 valence electrons. The van der Waals surface area contributed by atoms with Crippen molar-refractivity contribution in [1.29, 1.82) is 5.26 Å². The molecule has 1 aromatic carbocycles. The summed E-state index contributed by atoms with van der Waals surface area (Å²) in [7, 11) is 0. The predicted molar refractivity (Wildman–Crippen MR) is 76.4 cm³/mol. The fourth-order valence-electron chi connectivity index (χ4n) is 2.74. The molecular weight excluding hydrogens is 252 g/mol. The number of carbonyl (C=O) groups is 1. The zero-order valence-corrected chi connectivity index (χ0v) is 11.6. The Labute approximate surface area is 119 Å². The minimum atomic E-state index is 0.0964. The Morgan fingerprint density at radius 3 is 2.80 bits per heavy atom. The van der Waals surface area contributed by atoms with E-state index in [4.69, 9.17) is 10.4 Å². The number of hydrogen-bond acceptors (Lipinski definition) is 4. The van der Waals surface area contributed by atoms with Crippen molar-refractivity contribution in [3.8, 4) is 6.07 Å². The van der Waals surface area contributed by atoms with Crippen molar-refractivity contribution in [2.45, 2.75) is 19.3 Å². The van der Waals surface area contributed by atoms with Gasteiger partial charge in [0.25, 0.3) is 0 Å². The normalized spacial score (nSPS) is 19.5. The largest absolute Gasteiger partial charge is 0.396 e. The molecule has 4 nitrogen and oxygen atoms in total. The molecule has 1 unspecified atom stereocenters. The van der Waals surface area contributed by atoms with Crippen LogP contribution in [0.15, 0.2) is 24.3 Å². The summed E-state index contributed by atoms with van der Waals surface area (Å²) in [6.07, 6.45) is 3.05. The molecule has 1 aliphatic rings. The van der Waals surface area contributed by atoms with Gasteiger partial charge in [-0.25, -0.2) is 0 Å². The molecule has 1 N–H and O–H groups in total. The van der Waals surface area contributed by atoms with E-state index in [1.807, 2.05) is 6.07 Å². The van der Waals surface area contributed by atoms with E-state index in [1.54, 1.807) is 24.3 Å². The second kappa shape index (κ2) is 7.18. The van der Waals surface area contributed by atoms with Crippen molar-refractivity contribution in [3.05, 3.63) is 35.4 Å². The van der Waals surface area contributed by atoms with E-state index in [1.165, 1.54) is 0 Å². The highest BCUT2D eigenvalue weighted by Gasteiger charge is 2.21. The van der Waals surface area contributed by atoms with Gasteiger partial charge in [-0.1, -0.05) is 12.1 Å². The number of Topliss-reactive ketones (excluding diaryl/α,β-unsaturated/α-hetero) is 1. The van der Waals surface area contributed by atoms with Gasteiger partial charge in [0.15, 0.2) is 5.78 Å². The van der Waals surface area contributed by atoms with Crippen LogP contribution in [-0.4, -0.2) is 42.0 Å². The quantitative estimate of drug-likeness (QED) is 0.831. The van der Waals surface area contributed by atoms with E-state index in [2.05, 4.69) is 4.90 Å². The van der Waals surface area contributed by atoms with Crippen molar-refractivity contribution in [1.82, 2.24) is 4.90 Å². The van der Waals surface area contributed by atoms with Crippen LogP contribution in [0.1, 0.15) is 35.2 Å². The molecule has 0 radical (unpaired) electrons. The number of piperidine rings is 1. The Balaban J connectivity index is 1.91. The molecule has 20 heavy (non-hydrogen) atoms. The summed E-state index contributed by atoms with van der Waals surface area (Å²) < 4.78 is 0. The molecule has 1 saturated heterocycles. The third kappa shape index (κ3) is 3.89. The number of hydrogen-bond donors (Lipinski definition) is 1. The first kappa shape index (κ1) is 14.7. The van der Waals surface area contributed by atoms with Crippen LogP contribution < -0.4 is 0 Å². The minimum absolute atomic E-state index is 0.0964. The molecule has 0 aliphatic carbocycles. The molecule has 0 saturated carbocycles. The number of rotatable bonds is 5. The van der Waals surface area contributed by atoms with Gasteiger partial charge in [-0.05, 0) is 43.9 Å². The van der Waals surface area contributed by atoms with Gasteiger partial charge >= 0.3 is 0 Å². The fraction of sp³-hybridized carbons (Fsp3) is 0.500. The van der Waals surface area contributed by atoms with E-state index < -0.39 is 0 Å². The van der Waals surface area contributed by atoms with Crippen LogP contribution in [0.3, 0.4) is 0 Å². The maximum absolute atomic E-state index is 12.2. The lowest BCUT2D eigenvalue weighted by atomic mass is 9.95. The van der Waals surface area contributed by atoms with Crippen LogP contribution in [0.4, 0.5) is 0 Å². The van der Waals surface area contributed by atoms with Crippen LogP contribution in [-0.2, 0) is 0 Å². The summed E-state index contributed by atoms with van der Waals surface area (Å²) in [6.45, 7) is 2.49. The standard InChI is InChI=1S/C16H20N2O2/c17-10-13-3-5-15(6-4-13)16(20)12-18-8-1-2-14(11-18)7-9-19/h3-6,14,19H,1-2,7-9,11-12H2. The second-order valence-corrected chi connectivity index (χ2v) is 5.37. The van der Waals surface area contributed by atoms with Crippen LogP contribution in [0.2, 0.25) is 0 Å². The topological polar surface area (TPSA) is 64.3 Å². The molecule has 0 aromatic heterocycles. The maximum Gasteiger partial charge on any atom is 0.176 e. The average molecular weight is 272 g/mol. The first-order valence-electron chi connectivity index (χ1n) is 7.09. The summed E-state index contributed by atoms with van der Waals surface area (Å²) in [6, 6.07) is 8.84. The van der Waals surface area contributed by atoms with Gasteiger partial charge in [-0.2, -0.15) is 5.26 Å². The van der Waals surface area contributed by atoms with Gasteiger partial charge in [0, 0.05) is 18.7 Å². The Bertz CT molecular complexity index is 488. The van der Waals surface area contributed by atoms with Crippen molar-refractivity contribution < 1.29 is 9.90 Å². The molecule has 1 fully saturated rings. The third-order valence-electron chi connectivity index (χ3n) is 3.84. The zero-order valence-electron chi connectivity index (χ0n) is 11.6. The summed E-state index contributed by atoms with van der Waals surface area (Å²) in [4.78, 5) is 14.4. The van der Waals surface area contributed by atoms with Gasteiger partial charge in [-0.15, -0.1) is 0 Å². The number of nitrogens with zero attached hydrogens (tertiary/aromatic N) is 2. The molecule has 2 rings (SSSR count). The monoisotopic (exact) mass is 272 g/mol. The molecule has 1 aromatic rings. The Kier molecular flexibility index (Phi) is 5.28. The highest BCUT2D eigenvalue weighted by Crippen LogP contribution is 2.19. The van der Waals surface area contributed by atoms with E-state index >= 15 is 0 Å². The lowest BCUT2D eigenvalue weighted by Crippen LogP contribution is -2.39. The maximum atomic E-state index is 12.2. The number of nitriles is 1. The highest BCUT2D eigenvalue weighted by molar-refractivity contribution is 5.97. The van der Waals surface area contributed by atoms with Crippen LogP contribution in [0, 0.1) is 17.2 Å². The lowest BCUT2D eigenvalue weighted by Gasteiger charge is -2.31. The molecule has 1 heterocycles. The van der Waals surface area contributed by atoms with Crippen LogP contribution in [0.5, 0.6) is 0 Å². The van der Waals surface area contributed by atoms with E-state index in [9.17, 15) is 4.79 Å². The SMILES string of the molecule is N#Cc1ccc(C(=O)CN2CCCC(CCO)C2)cc1. The van der Waals surface area contributed by atoms with E-state index in [0.717, 1.165) is 32.4 Å². The van der Waals surface area contributed by atoms with Crippen LogP contribution in [0.25, 0.3) is 0 Å². The smallest absolute Gasteiger partial charge is 0.176 e. The number of carbonyl (C=O) groups excluding carboxylic acids is 1. The van der Waals surface area contributed by atoms with Gasteiger partial charge in [0.05, 0.1) is 18.2 Å². The van der Waals surface area contributed by atoms with Gasteiger partial charge in [-0.3, -0.25) is 9.69 Å². The van der Waals surface area contributed by atoms with Gasteiger partial charge < -0.3 is 5.11 Å². The third-order valence-corrected chi connectivity index (χ3v) is 3.84. The summed E-state index contributed by atoms with van der Waals surface area (Å²) in [5.74, 6) is 0.599. The van der Waals surface area contributed by atoms with Crippen molar-refractivity contribution in [3.63, 3.8) is 0 Å². The molecule has 0 amide bonds. The molecular formula is C16H20N2O2. The number of likely N-dealkylation sites (tertiary alicyclic amines) is 1. The van der Waals surface area contributed by atoms with Crippen LogP contribution >= 0.6 is 0 Å². The Morgan fingerprint density at radius 2 is 2.15 bits per heavy atom. The number of aliphatic hydroxyl groups is 1. The van der Waals surface area contributed by atoms with Crippen molar-refractivity contribution in [2.24, 2.45) is 5.92 Å². The number of ketones is 1. The molecule has 1 atom stereocenters.